The number of hydrogen-bond donors (Lipinski definition) is 2. The maximum Gasteiger partial charge on any atom is 0.341 e. The lowest BCUT2D eigenvalue weighted by Gasteiger charge is -2.27. The Labute approximate surface area is 154 Å². The van der Waals surface area contributed by atoms with E-state index < -0.39 is 17.2 Å². The van der Waals surface area contributed by atoms with Crippen LogP contribution in [0, 0.1) is 5.82 Å². The van der Waals surface area contributed by atoms with Crippen molar-refractivity contribution < 1.29 is 14.3 Å². The van der Waals surface area contributed by atoms with Crippen molar-refractivity contribution in [2.24, 2.45) is 5.73 Å². The zero-order valence-electron chi connectivity index (χ0n) is 14.7. The molecule has 2 fully saturated rings. The second-order valence-corrected chi connectivity index (χ2v) is 7.77. The van der Waals surface area contributed by atoms with Gasteiger partial charge in [0.15, 0.2) is 0 Å². The highest BCUT2D eigenvalue weighted by Gasteiger charge is 2.36. The maximum atomic E-state index is 15.2. The quantitative estimate of drug-likeness (QED) is 0.849. The van der Waals surface area contributed by atoms with Crippen LogP contribution in [0.25, 0.3) is 17.0 Å². The molecule has 1 saturated heterocycles. The lowest BCUT2D eigenvalue weighted by molar-refractivity contribution is 0.0695. The van der Waals surface area contributed by atoms with Gasteiger partial charge in [0.25, 0.3) is 0 Å². The molecule has 1 aromatic carbocycles. The van der Waals surface area contributed by atoms with Crippen LogP contribution in [0.15, 0.2) is 23.1 Å². The van der Waals surface area contributed by atoms with Crippen LogP contribution in [0.4, 0.5) is 10.1 Å². The molecule has 0 amide bonds. The number of hydrogen-bond acceptors (Lipinski definition) is 4. The first kappa shape index (κ1) is 16.5. The molecule has 5 rings (SSSR count). The number of carboxylic acid groups (broad SMARTS) is 1. The molecule has 0 radical (unpaired) electrons. The van der Waals surface area contributed by atoms with E-state index in [2.05, 4.69) is 0 Å². The number of carboxylic acids is 1. The Morgan fingerprint density at radius 3 is 2.78 bits per heavy atom. The minimum atomic E-state index is -1.28. The Morgan fingerprint density at radius 2 is 2.07 bits per heavy atom. The maximum absolute atomic E-state index is 15.2. The summed E-state index contributed by atoms with van der Waals surface area (Å²) in [6.45, 7) is 0.572. The minimum absolute atomic E-state index is 0.00976. The molecule has 0 bridgehead atoms. The lowest BCUT2D eigenvalue weighted by atomic mass is 10.0. The Balaban J connectivity index is 1.88. The number of fused-ring (bicyclic) bond motifs is 5. The number of anilines is 1. The number of aromatic nitrogens is 1. The Morgan fingerprint density at radius 1 is 1.30 bits per heavy atom. The predicted molar refractivity (Wildman–Crippen MR) is 101 cm³/mol. The van der Waals surface area contributed by atoms with Crippen molar-refractivity contribution in [3.8, 4) is 0 Å². The molecule has 1 aliphatic carbocycles. The number of benzene rings is 1. The molecular formula is C20H20FN3O3. The molecule has 3 heterocycles. The van der Waals surface area contributed by atoms with Gasteiger partial charge in [-0.25, -0.2) is 9.18 Å². The number of rotatable bonds is 2. The van der Waals surface area contributed by atoms with Crippen molar-refractivity contribution in [2.75, 3.05) is 11.4 Å². The van der Waals surface area contributed by atoms with Crippen molar-refractivity contribution >= 4 is 28.6 Å². The molecule has 2 aliphatic heterocycles. The third-order valence-electron chi connectivity index (χ3n) is 5.88. The number of carbonyl (C=O) groups is 1. The van der Waals surface area contributed by atoms with Gasteiger partial charge < -0.3 is 20.3 Å². The number of halogens is 1. The first-order valence-electron chi connectivity index (χ1n) is 9.29. The van der Waals surface area contributed by atoms with Crippen LogP contribution in [-0.2, 0) is 0 Å². The third kappa shape index (κ3) is 2.41. The number of nitrogens with two attached hydrogens (primary N) is 1. The molecule has 1 aromatic heterocycles. The van der Waals surface area contributed by atoms with Gasteiger partial charge in [-0.05, 0) is 31.7 Å². The van der Waals surface area contributed by atoms with Gasteiger partial charge in [-0.3, -0.25) is 4.79 Å². The van der Waals surface area contributed by atoms with Crippen molar-refractivity contribution in [2.45, 2.75) is 43.8 Å². The van der Waals surface area contributed by atoms with Crippen LogP contribution < -0.4 is 16.1 Å². The van der Waals surface area contributed by atoms with Crippen LogP contribution in [-0.4, -0.2) is 34.3 Å². The van der Waals surface area contributed by atoms with E-state index >= 15 is 4.39 Å². The fourth-order valence-corrected chi connectivity index (χ4v) is 4.54. The summed E-state index contributed by atoms with van der Waals surface area (Å²) in [6, 6.07) is 1.49. The molecule has 27 heavy (non-hydrogen) atoms. The highest BCUT2D eigenvalue weighted by Crippen LogP contribution is 2.43. The molecule has 2 aromatic rings. The molecule has 3 N–H and O–H groups in total. The van der Waals surface area contributed by atoms with Crippen molar-refractivity contribution in [1.82, 2.24) is 4.57 Å². The topological polar surface area (TPSA) is 88.6 Å². The van der Waals surface area contributed by atoms with Gasteiger partial charge in [0.05, 0.1) is 16.6 Å². The molecule has 140 valence electrons. The van der Waals surface area contributed by atoms with Crippen LogP contribution in [0.2, 0.25) is 0 Å². The van der Waals surface area contributed by atoms with Crippen molar-refractivity contribution in [1.29, 1.82) is 0 Å². The van der Waals surface area contributed by atoms with E-state index in [1.54, 1.807) is 0 Å². The zero-order chi connectivity index (χ0) is 18.9. The number of nitrogens with zero attached hydrogens (tertiary/aromatic N) is 2. The molecule has 0 unspecified atom stereocenters. The van der Waals surface area contributed by atoms with E-state index in [1.165, 1.54) is 12.3 Å². The monoisotopic (exact) mass is 369 g/mol. The van der Waals surface area contributed by atoms with Gasteiger partial charge in [-0.15, -0.1) is 0 Å². The normalized spacial score (nSPS) is 24.0. The fraction of sp³-hybridized carbons (Fsp3) is 0.400. The average Bonchev–Trinajstić information content (AvgIpc) is 3.40. The molecular weight excluding hydrogens is 349 g/mol. The summed E-state index contributed by atoms with van der Waals surface area (Å²) < 4.78 is 17.1. The van der Waals surface area contributed by atoms with Gasteiger partial charge in [0.2, 0.25) is 5.43 Å². The lowest BCUT2D eigenvalue weighted by Crippen LogP contribution is -2.31. The van der Waals surface area contributed by atoms with Crippen molar-refractivity contribution in [3.63, 3.8) is 0 Å². The van der Waals surface area contributed by atoms with Crippen molar-refractivity contribution in [3.05, 3.63) is 45.5 Å². The highest BCUT2D eigenvalue weighted by atomic mass is 19.1. The van der Waals surface area contributed by atoms with Gasteiger partial charge >= 0.3 is 5.97 Å². The summed E-state index contributed by atoms with van der Waals surface area (Å²) in [5, 5.41) is 9.54. The van der Waals surface area contributed by atoms with Gasteiger partial charge in [0.1, 0.15) is 11.4 Å². The standard InChI is InChI=1S/C20H20FN3O3/c21-16-7-14-17(24(11-4-5-11)9-15(19(14)25)20(26)27)13-3-1-2-12-6-10(22)8-23(12)18(13)16/h1,3,7,9-12H,2,4-6,8,22H2,(H,26,27)/t10-,12-/m1/s1. The van der Waals surface area contributed by atoms with Crippen LogP contribution >= 0.6 is 0 Å². The van der Waals surface area contributed by atoms with E-state index in [0.717, 1.165) is 25.7 Å². The first-order chi connectivity index (χ1) is 13.0. The molecule has 0 spiro atoms. The summed E-state index contributed by atoms with van der Waals surface area (Å²) in [6.07, 6.45) is 8.72. The molecule has 7 heteroatoms. The second-order valence-electron chi connectivity index (χ2n) is 7.77. The SMILES string of the molecule is N[C@@H]1C[C@H]2CC=Cc3c(c(F)cc4c(=O)c(C(=O)O)cn(C5CC5)c34)N2C1. The molecule has 6 nitrogen and oxygen atoms in total. The van der Waals surface area contributed by atoms with E-state index in [9.17, 15) is 14.7 Å². The first-order valence-corrected chi connectivity index (χ1v) is 9.29. The van der Waals surface area contributed by atoms with E-state index in [-0.39, 0.29) is 29.1 Å². The van der Waals surface area contributed by atoms with Crippen LogP contribution in [0.1, 0.15) is 47.6 Å². The van der Waals surface area contributed by atoms with E-state index in [1.807, 2.05) is 21.6 Å². The Hall–Kier alpha value is -2.67. The summed E-state index contributed by atoms with van der Waals surface area (Å²) in [5.74, 6) is -1.78. The molecule has 1 saturated carbocycles. The summed E-state index contributed by atoms with van der Waals surface area (Å²) in [7, 11) is 0. The highest BCUT2D eigenvalue weighted by molar-refractivity contribution is 5.98. The summed E-state index contributed by atoms with van der Waals surface area (Å²) >= 11 is 0. The Bertz CT molecular complexity index is 1070. The second kappa shape index (κ2) is 5.66. The van der Waals surface area contributed by atoms with E-state index in [4.69, 9.17) is 5.73 Å². The van der Waals surface area contributed by atoms with Crippen LogP contribution in [0.5, 0.6) is 0 Å². The molecule has 2 atom stereocenters. The van der Waals surface area contributed by atoms with Crippen LogP contribution in [0.3, 0.4) is 0 Å². The van der Waals surface area contributed by atoms with Gasteiger partial charge in [-0.2, -0.15) is 0 Å². The predicted octanol–water partition coefficient (Wildman–Crippen LogP) is 2.50. The summed E-state index contributed by atoms with van der Waals surface area (Å²) in [4.78, 5) is 26.3. The third-order valence-corrected chi connectivity index (χ3v) is 5.88. The zero-order valence-corrected chi connectivity index (χ0v) is 14.7. The molecule has 3 aliphatic rings. The van der Waals surface area contributed by atoms with Gasteiger partial charge in [-0.1, -0.05) is 12.2 Å². The average molecular weight is 369 g/mol. The smallest absolute Gasteiger partial charge is 0.341 e. The number of pyridine rings is 1. The fourth-order valence-electron chi connectivity index (χ4n) is 4.54. The Kier molecular flexibility index (Phi) is 3.46. The van der Waals surface area contributed by atoms with Gasteiger partial charge in [0, 0.05) is 36.4 Å². The summed E-state index contributed by atoms with van der Waals surface area (Å²) in [5.41, 5.74) is 6.93. The minimum Gasteiger partial charge on any atom is -0.477 e. The largest absolute Gasteiger partial charge is 0.477 e. The number of aromatic carboxylic acids is 1. The van der Waals surface area contributed by atoms with E-state index in [0.29, 0.717) is 23.3 Å².